The van der Waals surface area contributed by atoms with E-state index >= 15 is 0 Å². The van der Waals surface area contributed by atoms with E-state index in [1.54, 1.807) is 6.92 Å². The van der Waals surface area contributed by atoms with Gasteiger partial charge in [-0.25, -0.2) is 9.59 Å². The number of rotatable bonds is 2. The van der Waals surface area contributed by atoms with Crippen LogP contribution in [0.15, 0.2) is 0 Å². The third-order valence-electron chi connectivity index (χ3n) is 1.13. The van der Waals surface area contributed by atoms with E-state index in [1.165, 1.54) is 14.2 Å². The van der Waals surface area contributed by atoms with Gasteiger partial charge in [0.2, 0.25) is 0 Å². The van der Waals surface area contributed by atoms with Crippen molar-refractivity contribution in [3.63, 3.8) is 0 Å². The van der Waals surface area contributed by atoms with Crippen molar-refractivity contribution in [2.24, 2.45) is 0 Å². The summed E-state index contributed by atoms with van der Waals surface area (Å²) < 4.78 is 4.38. The first kappa shape index (κ1) is 9.74. The summed E-state index contributed by atoms with van der Waals surface area (Å²) in [7, 11) is 2.74. The van der Waals surface area contributed by atoms with Gasteiger partial charge in [0, 0.05) is 7.05 Å². The fraction of sp³-hybridized carbons (Fsp3) is 0.667. The van der Waals surface area contributed by atoms with E-state index in [9.17, 15) is 9.59 Å². The van der Waals surface area contributed by atoms with Crippen LogP contribution in [-0.2, 0) is 9.53 Å². The number of amides is 2. The first-order chi connectivity index (χ1) is 5.11. The molecule has 0 heterocycles. The molecule has 64 valence electrons. The summed E-state index contributed by atoms with van der Waals surface area (Å²) in [5.41, 5.74) is 0. The van der Waals surface area contributed by atoms with Gasteiger partial charge in [-0.3, -0.25) is 0 Å². The van der Waals surface area contributed by atoms with Crippen LogP contribution in [0.25, 0.3) is 0 Å². The van der Waals surface area contributed by atoms with Gasteiger partial charge in [-0.05, 0) is 6.92 Å². The first-order valence-corrected chi connectivity index (χ1v) is 3.18. The largest absolute Gasteiger partial charge is 0.467 e. The molecule has 0 fully saturated rings. The van der Waals surface area contributed by atoms with Crippen LogP contribution in [0.1, 0.15) is 6.92 Å². The molecule has 5 heteroatoms. The number of urea groups is 1. The van der Waals surface area contributed by atoms with Crippen molar-refractivity contribution in [1.29, 1.82) is 0 Å². The van der Waals surface area contributed by atoms with Gasteiger partial charge in [0.05, 0.1) is 7.11 Å². The molecule has 2 N–H and O–H groups in total. The molecule has 0 rings (SSSR count). The molecule has 0 aliphatic carbocycles. The minimum atomic E-state index is -0.611. The van der Waals surface area contributed by atoms with Crippen molar-refractivity contribution in [3.8, 4) is 0 Å². The summed E-state index contributed by atoms with van der Waals surface area (Å²) in [4.78, 5) is 21.3. The van der Waals surface area contributed by atoms with E-state index in [0.717, 1.165) is 0 Å². The Morgan fingerprint density at radius 3 is 2.36 bits per heavy atom. The van der Waals surface area contributed by atoms with Gasteiger partial charge < -0.3 is 15.4 Å². The molecule has 0 aliphatic heterocycles. The Bertz CT molecular complexity index is 158. The summed E-state index contributed by atoms with van der Waals surface area (Å²) in [5, 5.41) is 4.67. The highest BCUT2D eigenvalue weighted by molar-refractivity contribution is 5.82. The first-order valence-electron chi connectivity index (χ1n) is 3.18. The van der Waals surface area contributed by atoms with Crippen LogP contribution < -0.4 is 10.6 Å². The predicted molar refractivity (Wildman–Crippen MR) is 39.1 cm³/mol. The molecular formula is C6H12N2O3. The van der Waals surface area contributed by atoms with Gasteiger partial charge in [0.1, 0.15) is 6.04 Å². The maximum Gasteiger partial charge on any atom is 0.328 e. The Kier molecular flexibility index (Phi) is 4.02. The molecule has 2 amide bonds. The summed E-state index contributed by atoms with van der Waals surface area (Å²) >= 11 is 0. The summed E-state index contributed by atoms with van der Waals surface area (Å²) in [5.74, 6) is -0.464. The molecular weight excluding hydrogens is 148 g/mol. The molecule has 0 aliphatic rings. The van der Waals surface area contributed by atoms with E-state index in [0.29, 0.717) is 0 Å². The second kappa shape index (κ2) is 4.54. The Balaban J connectivity index is 3.77. The topological polar surface area (TPSA) is 67.4 Å². The average Bonchev–Trinajstić information content (AvgIpc) is 2.02. The third-order valence-corrected chi connectivity index (χ3v) is 1.13. The molecule has 0 bridgehead atoms. The van der Waals surface area contributed by atoms with E-state index in [4.69, 9.17) is 0 Å². The molecule has 0 aromatic heterocycles. The monoisotopic (exact) mass is 160 g/mol. The fourth-order valence-electron chi connectivity index (χ4n) is 0.505. The number of nitrogens with one attached hydrogen (secondary N) is 2. The molecule has 0 radical (unpaired) electrons. The molecule has 0 spiro atoms. The van der Waals surface area contributed by atoms with Gasteiger partial charge in [0.15, 0.2) is 0 Å². The Labute approximate surface area is 65.1 Å². The average molecular weight is 160 g/mol. The fourth-order valence-corrected chi connectivity index (χ4v) is 0.505. The predicted octanol–water partition coefficient (Wildman–Crippen LogP) is -0.523. The molecule has 0 aromatic carbocycles. The molecule has 0 saturated heterocycles. The second-order valence-electron chi connectivity index (χ2n) is 1.97. The summed E-state index contributed by atoms with van der Waals surface area (Å²) in [6, 6.07) is -1.01. The van der Waals surface area contributed by atoms with Crippen molar-refractivity contribution in [1.82, 2.24) is 10.6 Å². The van der Waals surface area contributed by atoms with Crippen LogP contribution in [0.4, 0.5) is 4.79 Å². The van der Waals surface area contributed by atoms with Crippen molar-refractivity contribution >= 4 is 12.0 Å². The van der Waals surface area contributed by atoms with E-state index in [-0.39, 0.29) is 0 Å². The van der Waals surface area contributed by atoms with Crippen LogP contribution in [-0.4, -0.2) is 32.2 Å². The van der Waals surface area contributed by atoms with Crippen LogP contribution in [0, 0.1) is 0 Å². The van der Waals surface area contributed by atoms with Crippen LogP contribution in [0.5, 0.6) is 0 Å². The SMILES string of the molecule is CNC(=O)N[C@@H](C)C(=O)OC. The standard InChI is InChI=1S/C6H12N2O3/c1-4(5(9)11-3)8-6(10)7-2/h4H,1-3H3,(H2,7,8,10)/t4-/m0/s1. The lowest BCUT2D eigenvalue weighted by atomic mass is 10.3. The zero-order valence-corrected chi connectivity index (χ0v) is 6.80. The normalized spacial score (nSPS) is 11.5. The van der Waals surface area contributed by atoms with E-state index < -0.39 is 18.0 Å². The molecule has 0 saturated carbocycles. The number of methoxy groups -OCH3 is 1. The van der Waals surface area contributed by atoms with E-state index in [1.807, 2.05) is 0 Å². The van der Waals surface area contributed by atoms with Crippen LogP contribution in [0.2, 0.25) is 0 Å². The second-order valence-corrected chi connectivity index (χ2v) is 1.97. The lowest BCUT2D eigenvalue weighted by molar-refractivity contribution is -0.142. The Hall–Kier alpha value is -1.26. The number of ether oxygens (including phenoxy) is 1. The summed E-state index contributed by atoms with van der Waals surface area (Å²) in [6.45, 7) is 1.54. The number of carbonyl (C=O) groups excluding carboxylic acids is 2. The number of hydrogen-bond acceptors (Lipinski definition) is 3. The number of carbonyl (C=O) groups is 2. The summed E-state index contributed by atoms with van der Waals surface area (Å²) in [6.07, 6.45) is 0. The lowest BCUT2D eigenvalue weighted by Crippen LogP contribution is -2.43. The highest BCUT2D eigenvalue weighted by Crippen LogP contribution is 1.84. The maximum atomic E-state index is 10.7. The minimum Gasteiger partial charge on any atom is -0.467 e. The van der Waals surface area contributed by atoms with E-state index in [2.05, 4.69) is 15.4 Å². The minimum absolute atomic E-state index is 0.400. The third kappa shape index (κ3) is 3.44. The molecule has 5 nitrogen and oxygen atoms in total. The van der Waals surface area contributed by atoms with Crippen molar-refractivity contribution in [2.75, 3.05) is 14.2 Å². The smallest absolute Gasteiger partial charge is 0.328 e. The molecule has 11 heavy (non-hydrogen) atoms. The zero-order valence-electron chi connectivity index (χ0n) is 6.80. The van der Waals surface area contributed by atoms with Gasteiger partial charge >= 0.3 is 12.0 Å². The van der Waals surface area contributed by atoms with Gasteiger partial charge in [-0.2, -0.15) is 0 Å². The molecule has 0 unspecified atom stereocenters. The highest BCUT2D eigenvalue weighted by atomic mass is 16.5. The molecule has 1 atom stereocenters. The maximum absolute atomic E-state index is 10.7. The van der Waals surface area contributed by atoms with Crippen molar-refractivity contribution in [2.45, 2.75) is 13.0 Å². The Morgan fingerprint density at radius 2 is 2.00 bits per heavy atom. The number of hydrogen-bond donors (Lipinski definition) is 2. The zero-order chi connectivity index (χ0) is 8.85. The van der Waals surface area contributed by atoms with Gasteiger partial charge in [-0.15, -0.1) is 0 Å². The van der Waals surface area contributed by atoms with Crippen molar-refractivity contribution < 1.29 is 14.3 Å². The van der Waals surface area contributed by atoms with Gasteiger partial charge in [-0.1, -0.05) is 0 Å². The van der Waals surface area contributed by atoms with Crippen molar-refractivity contribution in [3.05, 3.63) is 0 Å². The molecule has 0 aromatic rings. The highest BCUT2D eigenvalue weighted by Gasteiger charge is 2.13. The van der Waals surface area contributed by atoms with Crippen LogP contribution in [0.3, 0.4) is 0 Å². The number of esters is 1. The Morgan fingerprint density at radius 1 is 1.45 bits per heavy atom. The van der Waals surface area contributed by atoms with Gasteiger partial charge in [0.25, 0.3) is 0 Å². The lowest BCUT2D eigenvalue weighted by Gasteiger charge is -2.09. The van der Waals surface area contributed by atoms with Crippen LogP contribution >= 0.6 is 0 Å². The quantitative estimate of drug-likeness (QED) is 0.534.